The van der Waals surface area contributed by atoms with Crippen LogP contribution in [0.5, 0.6) is 0 Å². The van der Waals surface area contributed by atoms with Crippen LogP contribution in [0.1, 0.15) is 31.1 Å². The number of nitrogens with zero attached hydrogens (tertiary/aromatic N) is 4. The van der Waals surface area contributed by atoms with Gasteiger partial charge in [0.25, 0.3) is 5.69 Å². The summed E-state index contributed by atoms with van der Waals surface area (Å²) in [4.78, 5) is 14.8. The monoisotopic (exact) mass is 275 g/mol. The first-order valence-corrected chi connectivity index (χ1v) is 6.50. The lowest BCUT2D eigenvalue weighted by Crippen LogP contribution is -2.08. The number of aryl methyl sites for hydroxylation is 2. The molecule has 0 aliphatic carbocycles. The van der Waals surface area contributed by atoms with E-state index in [1.165, 1.54) is 12.1 Å². The molecule has 0 amide bonds. The lowest BCUT2D eigenvalue weighted by molar-refractivity contribution is -0.384. The zero-order chi connectivity index (χ0) is 14.7. The third kappa shape index (κ3) is 2.76. The highest BCUT2D eigenvalue weighted by Gasteiger charge is 2.13. The summed E-state index contributed by atoms with van der Waals surface area (Å²) in [6.45, 7) is 4.38. The van der Waals surface area contributed by atoms with Crippen molar-refractivity contribution in [3.63, 3.8) is 0 Å². The van der Waals surface area contributed by atoms with Gasteiger partial charge in [-0.15, -0.1) is 0 Å². The van der Waals surface area contributed by atoms with Crippen molar-refractivity contribution in [1.29, 1.82) is 0 Å². The van der Waals surface area contributed by atoms with E-state index in [4.69, 9.17) is 5.73 Å². The average molecular weight is 275 g/mol. The highest BCUT2D eigenvalue weighted by molar-refractivity contribution is 5.52. The molecule has 2 N–H and O–H groups in total. The van der Waals surface area contributed by atoms with Gasteiger partial charge in [-0.3, -0.25) is 10.1 Å². The van der Waals surface area contributed by atoms with Gasteiger partial charge in [0.05, 0.1) is 11.5 Å². The molecule has 2 aromatic rings. The Kier molecular flexibility index (Phi) is 3.97. The molecule has 0 saturated heterocycles. The van der Waals surface area contributed by atoms with E-state index in [1.54, 1.807) is 10.7 Å². The Labute approximate surface area is 116 Å². The molecule has 0 radical (unpaired) electrons. The fraction of sp³-hybridized carbons (Fsp3) is 0.385. The summed E-state index contributed by atoms with van der Waals surface area (Å²) < 4.78 is 1.76. The van der Waals surface area contributed by atoms with E-state index in [0.29, 0.717) is 17.8 Å². The molecule has 0 unspecified atom stereocenters. The first-order valence-electron chi connectivity index (χ1n) is 6.50. The minimum Gasteiger partial charge on any atom is -0.398 e. The van der Waals surface area contributed by atoms with Crippen molar-refractivity contribution in [2.45, 2.75) is 33.2 Å². The molecule has 20 heavy (non-hydrogen) atoms. The Morgan fingerprint density at radius 3 is 2.70 bits per heavy atom. The topological polar surface area (TPSA) is 99.9 Å². The fourth-order valence-electron chi connectivity index (χ4n) is 1.97. The maximum Gasteiger partial charge on any atom is 0.269 e. The maximum absolute atomic E-state index is 10.8. The third-order valence-electron chi connectivity index (χ3n) is 3.08. The number of rotatable bonds is 5. The number of benzene rings is 1. The minimum absolute atomic E-state index is 0.0306. The van der Waals surface area contributed by atoms with E-state index in [0.717, 1.165) is 24.5 Å². The molecule has 0 atom stereocenters. The molecule has 7 nitrogen and oxygen atoms in total. The SMILES string of the molecule is CCc1nc(CC)n(Cc2cc([N+](=O)[O-])ccc2N)n1. The van der Waals surface area contributed by atoms with E-state index in [9.17, 15) is 10.1 Å². The molecule has 0 spiro atoms. The molecule has 1 aromatic carbocycles. The molecule has 0 aliphatic heterocycles. The van der Waals surface area contributed by atoms with Gasteiger partial charge in [0, 0.05) is 36.2 Å². The molecule has 1 aromatic heterocycles. The summed E-state index contributed by atoms with van der Waals surface area (Å²) in [5.74, 6) is 1.62. The van der Waals surface area contributed by atoms with Gasteiger partial charge in [0.2, 0.25) is 0 Å². The van der Waals surface area contributed by atoms with Crippen LogP contribution in [-0.4, -0.2) is 19.7 Å². The van der Waals surface area contributed by atoms with Crippen LogP contribution in [-0.2, 0) is 19.4 Å². The van der Waals surface area contributed by atoms with Gasteiger partial charge < -0.3 is 5.73 Å². The number of non-ortho nitro benzene ring substituents is 1. The van der Waals surface area contributed by atoms with Crippen LogP contribution in [0.2, 0.25) is 0 Å². The van der Waals surface area contributed by atoms with Crippen LogP contribution < -0.4 is 5.73 Å². The predicted octanol–water partition coefficient (Wildman–Crippen LogP) is 1.94. The Morgan fingerprint density at radius 2 is 2.10 bits per heavy atom. The van der Waals surface area contributed by atoms with Crippen LogP contribution in [0.3, 0.4) is 0 Å². The van der Waals surface area contributed by atoms with Gasteiger partial charge in [-0.2, -0.15) is 5.10 Å². The molecule has 7 heteroatoms. The zero-order valence-corrected chi connectivity index (χ0v) is 11.5. The molecular weight excluding hydrogens is 258 g/mol. The fourth-order valence-corrected chi connectivity index (χ4v) is 1.97. The summed E-state index contributed by atoms with van der Waals surface area (Å²) in [5, 5.41) is 15.2. The van der Waals surface area contributed by atoms with E-state index in [-0.39, 0.29) is 5.69 Å². The van der Waals surface area contributed by atoms with Crippen LogP contribution in [0, 0.1) is 10.1 Å². The number of hydrogen-bond acceptors (Lipinski definition) is 5. The second-order valence-electron chi connectivity index (χ2n) is 4.45. The largest absolute Gasteiger partial charge is 0.398 e. The van der Waals surface area contributed by atoms with Crippen molar-refractivity contribution in [3.05, 3.63) is 45.5 Å². The average Bonchev–Trinajstić information content (AvgIpc) is 2.83. The van der Waals surface area contributed by atoms with Crippen LogP contribution >= 0.6 is 0 Å². The number of aromatic nitrogens is 3. The van der Waals surface area contributed by atoms with E-state index >= 15 is 0 Å². The Hall–Kier alpha value is -2.44. The van der Waals surface area contributed by atoms with Crippen molar-refractivity contribution in [2.75, 3.05) is 5.73 Å². The van der Waals surface area contributed by atoms with Gasteiger partial charge in [-0.25, -0.2) is 9.67 Å². The van der Waals surface area contributed by atoms with E-state index in [2.05, 4.69) is 10.1 Å². The van der Waals surface area contributed by atoms with Gasteiger partial charge >= 0.3 is 0 Å². The molecule has 106 valence electrons. The zero-order valence-electron chi connectivity index (χ0n) is 11.5. The quantitative estimate of drug-likeness (QED) is 0.510. The normalized spacial score (nSPS) is 10.7. The first-order chi connectivity index (χ1) is 9.55. The number of nitrogens with two attached hydrogens (primary N) is 1. The van der Waals surface area contributed by atoms with E-state index < -0.39 is 4.92 Å². The lowest BCUT2D eigenvalue weighted by atomic mass is 10.1. The standard InChI is InChI=1S/C13H17N5O2/c1-3-12-15-13(4-2)17(16-12)8-9-7-10(18(19)20)5-6-11(9)14/h5-7H,3-4,8,14H2,1-2H3. The third-order valence-corrected chi connectivity index (χ3v) is 3.08. The molecule has 0 bridgehead atoms. The number of hydrogen-bond donors (Lipinski definition) is 1. The van der Waals surface area contributed by atoms with Crippen molar-refractivity contribution < 1.29 is 4.92 Å². The van der Waals surface area contributed by atoms with E-state index in [1.807, 2.05) is 13.8 Å². The lowest BCUT2D eigenvalue weighted by Gasteiger charge is -2.07. The van der Waals surface area contributed by atoms with Crippen molar-refractivity contribution in [2.24, 2.45) is 0 Å². The second-order valence-corrected chi connectivity index (χ2v) is 4.45. The molecule has 0 fully saturated rings. The summed E-state index contributed by atoms with van der Waals surface area (Å²) >= 11 is 0. The van der Waals surface area contributed by atoms with Crippen LogP contribution in [0.25, 0.3) is 0 Å². The van der Waals surface area contributed by atoms with Crippen molar-refractivity contribution >= 4 is 11.4 Å². The Balaban J connectivity index is 2.36. The summed E-state index contributed by atoms with van der Waals surface area (Å²) in [5.41, 5.74) is 7.12. The Bertz CT molecular complexity index is 636. The number of nitro benzene ring substituents is 1. The van der Waals surface area contributed by atoms with Gasteiger partial charge in [-0.05, 0) is 6.07 Å². The predicted molar refractivity (Wildman–Crippen MR) is 75.4 cm³/mol. The summed E-state index contributed by atoms with van der Waals surface area (Å²) in [6.07, 6.45) is 1.51. The number of nitrogen functional groups attached to an aromatic ring is 1. The van der Waals surface area contributed by atoms with Crippen LogP contribution in [0.15, 0.2) is 18.2 Å². The maximum atomic E-state index is 10.8. The van der Waals surface area contributed by atoms with Crippen molar-refractivity contribution in [3.8, 4) is 0 Å². The Morgan fingerprint density at radius 1 is 1.35 bits per heavy atom. The minimum atomic E-state index is -0.428. The van der Waals surface area contributed by atoms with Crippen molar-refractivity contribution in [1.82, 2.24) is 14.8 Å². The summed E-state index contributed by atoms with van der Waals surface area (Å²) in [6, 6.07) is 4.44. The molecule has 0 saturated carbocycles. The number of nitro groups is 1. The molecule has 1 heterocycles. The molecular formula is C13H17N5O2. The molecule has 2 rings (SSSR count). The van der Waals surface area contributed by atoms with Gasteiger partial charge in [0.1, 0.15) is 5.82 Å². The molecule has 0 aliphatic rings. The smallest absolute Gasteiger partial charge is 0.269 e. The summed E-state index contributed by atoms with van der Waals surface area (Å²) in [7, 11) is 0. The van der Waals surface area contributed by atoms with Crippen LogP contribution in [0.4, 0.5) is 11.4 Å². The van der Waals surface area contributed by atoms with Gasteiger partial charge in [0.15, 0.2) is 5.82 Å². The first kappa shape index (κ1) is 14.0. The highest BCUT2D eigenvalue weighted by atomic mass is 16.6. The second kappa shape index (κ2) is 5.68. The number of anilines is 1. The van der Waals surface area contributed by atoms with Gasteiger partial charge in [-0.1, -0.05) is 13.8 Å². The highest BCUT2D eigenvalue weighted by Crippen LogP contribution is 2.21.